The zero-order valence-electron chi connectivity index (χ0n) is 43.0. The molecule has 0 fully saturated rings. The minimum Gasteiger partial charge on any atom is -0.545 e. The van der Waals surface area contributed by atoms with Gasteiger partial charge < -0.3 is 33.3 Å². The van der Waals surface area contributed by atoms with Crippen molar-refractivity contribution in [3.8, 4) is 0 Å². The summed E-state index contributed by atoms with van der Waals surface area (Å²) in [5.74, 6) is -2.39. The fourth-order valence-corrected chi connectivity index (χ4v) is 6.49. The second kappa shape index (κ2) is 48.4. The normalized spacial score (nSPS) is 13.7. The number of carbonyl (C=O) groups excluding carboxylic acids is 3. The van der Waals surface area contributed by atoms with Gasteiger partial charge in [-0.25, -0.2) is 0 Å². The van der Waals surface area contributed by atoms with Crippen LogP contribution in [0, 0.1) is 0 Å². The first-order chi connectivity index (χ1) is 32.6. The molecule has 0 heterocycles. The average molecular weight is 934 g/mol. The van der Waals surface area contributed by atoms with Crippen molar-refractivity contribution in [2.75, 3.05) is 47.5 Å². The topological polar surface area (TPSA) is 111 Å². The summed E-state index contributed by atoms with van der Waals surface area (Å²) in [4.78, 5) is 37.2. The lowest BCUT2D eigenvalue weighted by molar-refractivity contribution is -0.870. The largest absolute Gasteiger partial charge is 0.545 e. The SMILES string of the molecule is CC/C=C\C/C=C\C/C=C\C/C=C\C/C=C\C/C=C\C/C=C\CCCC(=O)OC(COC(=O)CCCCCCCCCCC/C=C\C/C=C\CCCCC)COC(OCC[N+](C)(C)C)C(=O)[O-]. The van der Waals surface area contributed by atoms with Gasteiger partial charge in [0.2, 0.25) is 0 Å². The Morgan fingerprint density at radius 3 is 1.31 bits per heavy atom. The zero-order valence-corrected chi connectivity index (χ0v) is 43.0. The van der Waals surface area contributed by atoms with Crippen LogP contribution in [0.2, 0.25) is 0 Å². The van der Waals surface area contributed by atoms with Crippen LogP contribution in [0.1, 0.15) is 181 Å². The van der Waals surface area contributed by atoms with Crippen molar-refractivity contribution >= 4 is 17.9 Å². The second-order valence-corrected chi connectivity index (χ2v) is 18.1. The molecule has 0 aromatic carbocycles. The number of carbonyl (C=O) groups is 3. The van der Waals surface area contributed by atoms with E-state index in [1.165, 1.54) is 57.8 Å². The fourth-order valence-electron chi connectivity index (χ4n) is 6.49. The number of rotatable bonds is 46. The third-order valence-electron chi connectivity index (χ3n) is 10.5. The Kier molecular flexibility index (Phi) is 45.5. The van der Waals surface area contributed by atoms with E-state index < -0.39 is 24.3 Å². The molecule has 0 spiro atoms. The first-order valence-electron chi connectivity index (χ1n) is 26.0. The Balaban J connectivity index is 4.48. The fraction of sp³-hybridized carbons (Fsp3) is 0.638. The van der Waals surface area contributed by atoms with Gasteiger partial charge in [-0.15, -0.1) is 0 Å². The molecule has 0 amide bonds. The Hall–Kier alpha value is -4.05. The number of likely N-dealkylation sites (N-methyl/N-ethyl adjacent to an activating group) is 1. The second-order valence-electron chi connectivity index (χ2n) is 18.1. The summed E-state index contributed by atoms with van der Waals surface area (Å²) < 4.78 is 22.6. The van der Waals surface area contributed by atoms with Crippen LogP contribution in [-0.2, 0) is 33.3 Å². The summed E-state index contributed by atoms with van der Waals surface area (Å²) in [6.07, 6.45) is 62.7. The van der Waals surface area contributed by atoms with Gasteiger partial charge in [-0.3, -0.25) is 9.59 Å². The molecule has 0 bridgehead atoms. The Morgan fingerprint density at radius 2 is 0.866 bits per heavy atom. The molecule has 0 saturated heterocycles. The Labute approximate surface area is 409 Å². The van der Waals surface area contributed by atoms with Crippen molar-refractivity contribution < 1.29 is 42.9 Å². The van der Waals surface area contributed by atoms with Crippen LogP contribution in [0.3, 0.4) is 0 Å². The average Bonchev–Trinajstić information content (AvgIpc) is 3.29. The molecule has 0 aromatic heterocycles. The molecule has 0 radical (unpaired) electrons. The van der Waals surface area contributed by atoms with Crippen LogP contribution in [-0.4, -0.2) is 82.3 Å². The molecule has 0 aliphatic rings. The van der Waals surface area contributed by atoms with Crippen molar-refractivity contribution in [2.24, 2.45) is 0 Å². The van der Waals surface area contributed by atoms with Crippen molar-refractivity contribution in [3.63, 3.8) is 0 Å². The highest BCUT2D eigenvalue weighted by Crippen LogP contribution is 2.13. The lowest BCUT2D eigenvalue weighted by Crippen LogP contribution is -2.44. The summed E-state index contributed by atoms with van der Waals surface area (Å²) in [5.41, 5.74) is 0. The van der Waals surface area contributed by atoms with Gasteiger partial charge in [0, 0.05) is 12.8 Å². The van der Waals surface area contributed by atoms with Gasteiger partial charge in [-0.05, 0) is 96.3 Å². The van der Waals surface area contributed by atoms with Gasteiger partial charge >= 0.3 is 11.9 Å². The van der Waals surface area contributed by atoms with Gasteiger partial charge in [-0.2, -0.15) is 0 Å². The van der Waals surface area contributed by atoms with E-state index >= 15 is 0 Å². The van der Waals surface area contributed by atoms with E-state index in [0.717, 1.165) is 83.5 Å². The number of aliphatic carboxylic acids is 1. The van der Waals surface area contributed by atoms with E-state index in [-0.39, 0.29) is 38.6 Å². The van der Waals surface area contributed by atoms with Crippen LogP contribution < -0.4 is 5.11 Å². The lowest BCUT2D eigenvalue weighted by Gasteiger charge is -2.26. The number of quaternary nitrogens is 1. The monoisotopic (exact) mass is 934 g/mol. The number of esters is 2. The summed E-state index contributed by atoms with van der Waals surface area (Å²) >= 11 is 0. The number of carboxylic acids is 1. The van der Waals surface area contributed by atoms with Gasteiger partial charge in [0.1, 0.15) is 13.2 Å². The molecule has 67 heavy (non-hydrogen) atoms. The smallest absolute Gasteiger partial charge is 0.306 e. The molecule has 0 saturated carbocycles. The van der Waals surface area contributed by atoms with Crippen LogP contribution in [0.4, 0.5) is 0 Å². The van der Waals surface area contributed by atoms with Crippen molar-refractivity contribution in [3.05, 3.63) is 109 Å². The van der Waals surface area contributed by atoms with Crippen molar-refractivity contribution in [1.29, 1.82) is 0 Å². The Morgan fingerprint density at radius 1 is 0.463 bits per heavy atom. The minimum absolute atomic E-state index is 0.130. The molecular weight excluding hydrogens is 839 g/mol. The van der Waals surface area contributed by atoms with Crippen LogP contribution >= 0.6 is 0 Å². The van der Waals surface area contributed by atoms with Crippen molar-refractivity contribution in [1.82, 2.24) is 0 Å². The van der Waals surface area contributed by atoms with E-state index in [0.29, 0.717) is 23.9 Å². The van der Waals surface area contributed by atoms with Crippen molar-refractivity contribution in [2.45, 2.75) is 193 Å². The van der Waals surface area contributed by atoms with E-state index in [2.05, 4.69) is 117 Å². The quantitative estimate of drug-likeness (QED) is 0.0195. The standard InChI is InChI=1S/C58H95NO8/c1-6-8-10-12-14-16-18-20-22-24-26-27-28-29-31-33-35-37-39-41-43-45-47-49-56(61)67-54(53-66-58(57(62)63)64-51-50-59(3,4)5)52-65-55(60)48-46-44-42-40-38-36-34-32-30-25-23-21-19-17-15-13-11-9-7-2/h8,10,14-17,20-23,26-27,29,31,35,37,41,43,54,58H,6-7,9,11-13,18-19,24-25,28,30,32-34,36,38-40,42,44-53H2,1-5H3/b10-8-,16-14-,17-15-,22-20-,23-21-,27-26-,31-29-,37-35-,43-41-. The maximum Gasteiger partial charge on any atom is 0.306 e. The van der Waals surface area contributed by atoms with E-state index in [1.54, 1.807) is 0 Å². The third kappa shape index (κ3) is 49.7. The number of nitrogens with zero attached hydrogens (tertiary/aromatic N) is 1. The number of hydrogen-bond acceptors (Lipinski definition) is 8. The van der Waals surface area contributed by atoms with E-state index in [4.69, 9.17) is 18.9 Å². The van der Waals surface area contributed by atoms with E-state index in [1.807, 2.05) is 27.2 Å². The van der Waals surface area contributed by atoms with E-state index in [9.17, 15) is 19.5 Å². The van der Waals surface area contributed by atoms with Crippen LogP contribution in [0.15, 0.2) is 109 Å². The maximum atomic E-state index is 12.8. The minimum atomic E-state index is -1.64. The molecular formula is C58H95NO8. The molecule has 9 heteroatoms. The van der Waals surface area contributed by atoms with Crippen LogP contribution in [0.25, 0.3) is 0 Å². The lowest BCUT2D eigenvalue weighted by atomic mass is 10.1. The first-order valence-corrected chi connectivity index (χ1v) is 26.0. The summed E-state index contributed by atoms with van der Waals surface area (Å²) in [7, 11) is 5.88. The molecule has 0 N–H and O–H groups in total. The molecule has 0 aromatic rings. The number of allylic oxidation sites excluding steroid dienone is 18. The molecule has 380 valence electrons. The molecule has 0 aliphatic heterocycles. The zero-order chi connectivity index (χ0) is 49.2. The molecule has 0 aliphatic carbocycles. The number of unbranched alkanes of at least 4 members (excludes halogenated alkanes) is 13. The highest BCUT2D eigenvalue weighted by atomic mass is 16.7. The van der Waals surface area contributed by atoms with Crippen LogP contribution in [0.5, 0.6) is 0 Å². The van der Waals surface area contributed by atoms with Gasteiger partial charge in [0.25, 0.3) is 0 Å². The number of carboxylic acid groups (broad SMARTS) is 1. The maximum absolute atomic E-state index is 12.8. The Bertz CT molecular complexity index is 1460. The highest BCUT2D eigenvalue weighted by Gasteiger charge is 2.21. The summed E-state index contributed by atoms with van der Waals surface area (Å²) in [6.45, 7) is 4.51. The van der Waals surface area contributed by atoms with Gasteiger partial charge in [0.05, 0.1) is 40.3 Å². The molecule has 2 atom stereocenters. The predicted molar refractivity (Wildman–Crippen MR) is 278 cm³/mol. The van der Waals surface area contributed by atoms with Gasteiger partial charge in [0.15, 0.2) is 12.4 Å². The number of hydrogen-bond donors (Lipinski definition) is 0. The number of ether oxygens (including phenoxy) is 4. The molecule has 0 rings (SSSR count). The first kappa shape index (κ1) is 63.0. The molecule has 9 nitrogen and oxygen atoms in total. The predicted octanol–water partition coefficient (Wildman–Crippen LogP) is 13.4. The summed E-state index contributed by atoms with van der Waals surface area (Å²) in [5, 5.41) is 11.7. The highest BCUT2D eigenvalue weighted by molar-refractivity contribution is 5.70. The summed E-state index contributed by atoms with van der Waals surface area (Å²) in [6, 6.07) is 0. The third-order valence-corrected chi connectivity index (χ3v) is 10.5. The van der Waals surface area contributed by atoms with Gasteiger partial charge in [-0.1, -0.05) is 181 Å². The molecule has 2 unspecified atom stereocenters.